The largest absolute Gasteiger partial charge is 0.337 e. The maximum Gasteiger partial charge on any atom is 0.239 e. The lowest BCUT2D eigenvalue weighted by Gasteiger charge is -2.26. The van der Waals surface area contributed by atoms with Crippen LogP contribution in [0.4, 0.5) is 0 Å². The minimum atomic E-state index is -3.10. The van der Waals surface area contributed by atoms with Crippen molar-refractivity contribution < 1.29 is 13.2 Å². The molecule has 2 atom stereocenters. The molecule has 0 saturated heterocycles. The predicted octanol–water partition coefficient (Wildman–Crippen LogP) is 1.34. The van der Waals surface area contributed by atoms with Gasteiger partial charge < -0.3 is 10.6 Å². The Balaban J connectivity index is 2.66. The molecule has 0 aliphatic rings. The number of hydrogen-bond donors (Lipinski definition) is 1. The van der Waals surface area contributed by atoms with Gasteiger partial charge in [-0.05, 0) is 32.4 Å². The van der Waals surface area contributed by atoms with Crippen molar-refractivity contribution in [1.82, 2.24) is 4.90 Å². The zero-order valence-electron chi connectivity index (χ0n) is 12.3. The lowest BCUT2D eigenvalue weighted by atomic mass is 10.1. The van der Waals surface area contributed by atoms with Gasteiger partial charge in [-0.15, -0.1) is 11.3 Å². The van der Waals surface area contributed by atoms with Crippen LogP contribution in [0.2, 0.25) is 0 Å². The van der Waals surface area contributed by atoms with Crippen LogP contribution in [0.1, 0.15) is 29.1 Å². The highest BCUT2D eigenvalue weighted by Crippen LogP contribution is 2.26. The highest BCUT2D eigenvalue weighted by molar-refractivity contribution is 7.90. The second kappa shape index (κ2) is 6.69. The fourth-order valence-electron chi connectivity index (χ4n) is 1.79. The maximum absolute atomic E-state index is 12.2. The molecule has 0 fully saturated rings. The second-order valence-electron chi connectivity index (χ2n) is 5.10. The predicted molar refractivity (Wildman–Crippen MR) is 82.5 cm³/mol. The van der Waals surface area contributed by atoms with Crippen LogP contribution in [-0.2, 0) is 14.6 Å². The molecule has 7 heteroatoms. The van der Waals surface area contributed by atoms with Crippen LogP contribution in [0.5, 0.6) is 0 Å². The zero-order chi connectivity index (χ0) is 15.5. The number of carbonyl (C=O) groups excluding carboxylic acids is 1. The summed E-state index contributed by atoms with van der Waals surface area (Å²) in [7, 11) is -1.40. The van der Waals surface area contributed by atoms with Gasteiger partial charge in [-0.3, -0.25) is 4.79 Å². The van der Waals surface area contributed by atoms with Crippen LogP contribution in [0.25, 0.3) is 0 Å². The molecular formula is C13H22N2O3S2. The average molecular weight is 318 g/mol. The van der Waals surface area contributed by atoms with Crippen molar-refractivity contribution in [3.8, 4) is 0 Å². The monoisotopic (exact) mass is 318 g/mol. The van der Waals surface area contributed by atoms with Crippen LogP contribution < -0.4 is 5.73 Å². The summed E-state index contributed by atoms with van der Waals surface area (Å²) in [6.45, 7) is 3.95. The van der Waals surface area contributed by atoms with E-state index in [0.29, 0.717) is 0 Å². The van der Waals surface area contributed by atoms with Gasteiger partial charge in [0.25, 0.3) is 0 Å². The molecule has 1 heterocycles. The number of carbonyl (C=O) groups is 1. The van der Waals surface area contributed by atoms with Gasteiger partial charge in [0, 0.05) is 23.1 Å². The van der Waals surface area contributed by atoms with Crippen LogP contribution in [0.3, 0.4) is 0 Å². The lowest BCUT2D eigenvalue weighted by Crippen LogP contribution is -2.43. The number of aryl methyl sites for hydroxylation is 1. The number of thiophene rings is 1. The van der Waals surface area contributed by atoms with E-state index in [9.17, 15) is 13.2 Å². The summed E-state index contributed by atoms with van der Waals surface area (Å²) < 4.78 is 22.2. The first-order valence-corrected chi connectivity index (χ1v) is 9.26. The standard InChI is InChI=1S/C13H22N2O3S2/c1-9-5-6-12(19-9)10(2)15(3)13(16)11(14)7-8-20(4,17)18/h5-6,10-11H,7-8,14H2,1-4H3. The smallest absolute Gasteiger partial charge is 0.239 e. The van der Waals surface area contributed by atoms with Gasteiger partial charge in [0.15, 0.2) is 0 Å². The van der Waals surface area contributed by atoms with Gasteiger partial charge in [0.05, 0.1) is 17.8 Å². The molecule has 0 aliphatic heterocycles. The van der Waals surface area contributed by atoms with E-state index in [-0.39, 0.29) is 24.1 Å². The molecule has 0 aromatic carbocycles. The molecule has 2 N–H and O–H groups in total. The molecule has 1 aromatic heterocycles. The molecule has 0 spiro atoms. The third-order valence-electron chi connectivity index (χ3n) is 3.22. The van der Waals surface area contributed by atoms with Crippen LogP contribution >= 0.6 is 11.3 Å². The third-order valence-corrected chi connectivity index (χ3v) is 5.37. The number of likely N-dealkylation sites (N-methyl/N-ethyl adjacent to an activating group) is 1. The summed E-state index contributed by atoms with van der Waals surface area (Å²) in [5.74, 6) is -0.299. The molecule has 5 nitrogen and oxygen atoms in total. The minimum absolute atomic E-state index is 0.0644. The van der Waals surface area contributed by atoms with Gasteiger partial charge >= 0.3 is 0 Å². The minimum Gasteiger partial charge on any atom is -0.337 e. The van der Waals surface area contributed by atoms with E-state index in [1.165, 1.54) is 4.88 Å². The molecule has 1 rings (SSSR count). The maximum atomic E-state index is 12.2. The SMILES string of the molecule is Cc1ccc(C(C)N(C)C(=O)C(N)CCS(C)(=O)=O)s1. The molecular weight excluding hydrogens is 296 g/mol. The Morgan fingerprint density at radius 2 is 2.05 bits per heavy atom. The molecule has 0 saturated carbocycles. The summed E-state index contributed by atoms with van der Waals surface area (Å²) in [5.41, 5.74) is 5.79. The highest BCUT2D eigenvalue weighted by Gasteiger charge is 2.24. The van der Waals surface area contributed by atoms with E-state index in [2.05, 4.69) is 0 Å². The number of hydrogen-bond acceptors (Lipinski definition) is 5. The topological polar surface area (TPSA) is 80.5 Å². The van der Waals surface area contributed by atoms with Crippen LogP contribution in [0.15, 0.2) is 12.1 Å². The van der Waals surface area contributed by atoms with Crippen molar-refractivity contribution in [2.45, 2.75) is 32.4 Å². The molecule has 114 valence electrons. The first-order valence-electron chi connectivity index (χ1n) is 6.38. The number of sulfone groups is 1. The number of nitrogens with two attached hydrogens (primary N) is 1. The Hall–Kier alpha value is -0.920. The first-order chi connectivity index (χ1) is 9.11. The van der Waals surface area contributed by atoms with E-state index in [1.807, 2.05) is 26.0 Å². The van der Waals surface area contributed by atoms with Crippen molar-refractivity contribution in [3.05, 3.63) is 21.9 Å². The molecule has 0 aliphatic carbocycles. The summed E-state index contributed by atoms with van der Waals surface area (Å²) in [4.78, 5) is 16.1. The Kier molecular flexibility index (Phi) is 5.73. The zero-order valence-corrected chi connectivity index (χ0v) is 13.9. The normalized spacial score (nSPS) is 14.8. The van der Waals surface area contributed by atoms with Gasteiger partial charge in [0.2, 0.25) is 5.91 Å². The summed E-state index contributed by atoms with van der Waals surface area (Å²) in [6.07, 6.45) is 1.29. The fourth-order valence-corrected chi connectivity index (χ4v) is 3.44. The molecule has 1 aromatic rings. The van der Waals surface area contributed by atoms with Crippen molar-refractivity contribution in [2.24, 2.45) is 5.73 Å². The Morgan fingerprint density at radius 1 is 1.45 bits per heavy atom. The fraction of sp³-hybridized carbons (Fsp3) is 0.615. The number of nitrogens with zero attached hydrogens (tertiary/aromatic N) is 1. The van der Waals surface area contributed by atoms with E-state index in [0.717, 1.165) is 11.1 Å². The van der Waals surface area contributed by atoms with E-state index >= 15 is 0 Å². The Labute approximate surface area is 124 Å². The van der Waals surface area contributed by atoms with E-state index in [1.54, 1.807) is 23.3 Å². The third kappa shape index (κ3) is 4.88. The van der Waals surface area contributed by atoms with Gasteiger partial charge in [0.1, 0.15) is 9.84 Å². The Morgan fingerprint density at radius 3 is 2.50 bits per heavy atom. The van der Waals surface area contributed by atoms with E-state index < -0.39 is 15.9 Å². The van der Waals surface area contributed by atoms with Crippen molar-refractivity contribution in [3.63, 3.8) is 0 Å². The summed E-state index contributed by atoms with van der Waals surface area (Å²) in [6, 6.07) is 3.17. The number of amides is 1. The molecule has 20 heavy (non-hydrogen) atoms. The van der Waals surface area contributed by atoms with Crippen molar-refractivity contribution >= 4 is 27.1 Å². The second-order valence-corrected chi connectivity index (χ2v) is 8.68. The quantitative estimate of drug-likeness (QED) is 0.858. The Bertz CT molecular complexity index is 566. The van der Waals surface area contributed by atoms with Gasteiger partial charge in [-0.25, -0.2) is 8.42 Å². The molecule has 0 bridgehead atoms. The average Bonchev–Trinajstić information content (AvgIpc) is 2.79. The van der Waals surface area contributed by atoms with Crippen LogP contribution in [-0.4, -0.2) is 44.3 Å². The lowest BCUT2D eigenvalue weighted by molar-refractivity contribution is -0.133. The molecule has 2 unspecified atom stereocenters. The molecule has 1 amide bonds. The first kappa shape index (κ1) is 17.1. The highest BCUT2D eigenvalue weighted by atomic mass is 32.2. The summed E-state index contributed by atoms with van der Waals surface area (Å²) in [5, 5.41) is 0. The summed E-state index contributed by atoms with van der Waals surface area (Å²) >= 11 is 1.64. The number of rotatable bonds is 6. The van der Waals surface area contributed by atoms with Crippen LogP contribution in [0, 0.1) is 6.92 Å². The van der Waals surface area contributed by atoms with E-state index in [4.69, 9.17) is 5.73 Å². The molecule has 0 radical (unpaired) electrons. The van der Waals surface area contributed by atoms with Crippen molar-refractivity contribution in [2.75, 3.05) is 19.1 Å². The van der Waals surface area contributed by atoms with Crippen molar-refractivity contribution in [1.29, 1.82) is 0 Å². The van der Waals surface area contributed by atoms with Gasteiger partial charge in [-0.1, -0.05) is 0 Å². The van der Waals surface area contributed by atoms with Gasteiger partial charge in [-0.2, -0.15) is 0 Å².